The summed E-state index contributed by atoms with van der Waals surface area (Å²) < 4.78 is 38.1. The topological polar surface area (TPSA) is 63.2 Å². The average molecular weight is 293 g/mol. The highest BCUT2D eigenvalue weighted by molar-refractivity contribution is 6.33. The smallest absolute Gasteiger partial charge is 0.266 e. The van der Waals surface area contributed by atoms with Crippen LogP contribution in [0, 0.1) is 0 Å². The third-order valence-corrected chi connectivity index (χ3v) is 2.94. The number of amides is 2. The number of hydrogen-bond acceptors (Lipinski definition) is 4. The normalized spacial score (nSPS) is 14.5. The van der Waals surface area contributed by atoms with Crippen molar-refractivity contribution in [2.45, 2.75) is 6.18 Å². The van der Waals surface area contributed by atoms with Crippen molar-refractivity contribution in [1.29, 1.82) is 0 Å². The third kappa shape index (κ3) is 2.04. The molecule has 5 nitrogen and oxygen atoms in total. The Balaban J connectivity index is 2.08. The predicted molar refractivity (Wildman–Crippen MR) is 64.6 cm³/mol. The molecular weight excluding hydrogens is 287 g/mol. The molecule has 0 aliphatic carbocycles. The molecule has 2 aromatic rings. The van der Waals surface area contributed by atoms with Crippen molar-refractivity contribution in [3.63, 3.8) is 0 Å². The SMILES string of the molecule is O=C1c2nccnc2C(=O)N1c1cccc(C(F)(F)F)c1. The summed E-state index contributed by atoms with van der Waals surface area (Å²) in [6.45, 7) is 0. The molecule has 0 bridgehead atoms. The lowest BCUT2D eigenvalue weighted by Gasteiger charge is -2.15. The first-order valence-corrected chi connectivity index (χ1v) is 5.76. The molecule has 1 aliphatic rings. The number of anilines is 1. The van der Waals surface area contributed by atoms with Crippen LogP contribution in [0.15, 0.2) is 36.7 Å². The van der Waals surface area contributed by atoms with Gasteiger partial charge in [0.15, 0.2) is 11.4 Å². The standard InChI is InChI=1S/C13H6F3N3O2/c14-13(15,16)7-2-1-3-8(6-7)19-11(20)9-10(12(19)21)18-5-4-17-9/h1-6H. The van der Waals surface area contributed by atoms with Crippen LogP contribution in [0.2, 0.25) is 0 Å². The Kier molecular flexibility index (Phi) is 2.75. The van der Waals surface area contributed by atoms with Crippen molar-refractivity contribution < 1.29 is 22.8 Å². The number of imide groups is 1. The molecule has 2 amide bonds. The molecule has 0 radical (unpaired) electrons. The summed E-state index contributed by atoms with van der Waals surface area (Å²) in [6.07, 6.45) is -2.09. The Bertz CT molecular complexity index is 723. The summed E-state index contributed by atoms with van der Waals surface area (Å²) >= 11 is 0. The van der Waals surface area contributed by atoms with Gasteiger partial charge >= 0.3 is 6.18 Å². The summed E-state index contributed by atoms with van der Waals surface area (Å²) in [5.74, 6) is -1.58. The first kappa shape index (κ1) is 13.2. The summed E-state index contributed by atoms with van der Waals surface area (Å²) in [5.41, 5.74) is -1.45. The molecule has 0 spiro atoms. The van der Waals surface area contributed by atoms with E-state index in [4.69, 9.17) is 0 Å². The number of halogens is 3. The molecule has 8 heteroatoms. The van der Waals surface area contributed by atoms with Gasteiger partial charge in [0.2, 0.25) is 0 Å². The van der Waals surface area contributed by atoms with Gasteiger partial charge in [0.05, 0.1) is 11.3 Å². The number of rotatable bonds is 1. The van der Waals surface area contributed by atoms with E-state index in [2.05, 4.69) is 9.97 Å². The maximum atomic E-state index is 12.7. The van der Waals surface area contributed by atoms with Crippen molar-refractivity contribution in [3.05, 3.63) is 53.6 Å². The molecule has 0 saturated heterocycles. The molecule has 0 atom stereocenters. The van der Waals surface area contributed by atoms with Crippen LogP contribution < -0.4 is 4.90 Å². The Morgan fingerprint density at radius 3 is 2.05 bits per heavy atom. The first-order chi connectivity index (χ1) is 9.89. The van der Waals surface area contributed by atoms with Gasteiger partial charge in [0.25, 0.3) is 11.8 Å². The number of aromatic nitrogens is 2. The molecule has 0 fully saturated rings. The summed E-state index contributed by atoms with van der Waals surface area (Å²) in [7, 11) is 0. The fourth-order valence-corrected chi connectivity index (χ4v) is 2.01. The number of carbonyl (C=O) groups excluding carboxylic acids is 2. The van der Waals surface area contributed by atoms with Crippen molar-refractivity contribution >= 4 is 17.5 Å². The Morgan fingerprint density at radius 1 is 0.952 bits per heavy atom. The Hall–Kier alpha value is -2.77. The Morgan fingerprint density at radius 2 is 1.52 bits per heavy atom. The number of nitrogens with zero attached hydrogens (tertiary/aromatic N) is 3. The zero-order valence-electron chi connectivity index (χ0n) is 10.3. The number of carbonyl (C=O) groups is 2. The molecule has 21 heavy (non-hydrogen) atoms. The van der Waals surface area contributed by atoms with Crippen molar-refractivity contribution in [2.75, 3.05) is 4.90 Å². The van der Waals surface area contributed by atoms with Gasteiger partial charge in [-0.2, -0.15) is 13.2 Å². The number of benzene rings is 1. The monoisotopic (exact) mass is 293 g/mol. The van der Waals surface area contributed by atoms with Crippen LogP contribution in [0.25, 0.3) is 0 Å². The molecule has 0 N–H and O–H groups in total. The fraction of sp³-hybridized carbons (Fsp3) is 0.0769. The molecule has 1 aromatic heterocycles. The highest BCUT2D eigenvalue weighted by Gasteiger charge is 2.40. The molecule has 3 rings (SSSR count). The number of hydrogen-bond donors (Lipinski definition) is 0. The number of alkyl halides is 3. The van der Waals surface area contributed by atoms with E-state index in [0.29, 0.717) is 4.90 Å². The molecule has 1 aliphatic heterocycles. The summed E-state index contributed by atoms with van der Waals surface area (Å²) in [4.78, 5) is 32.3. The third-order valence-electron chi connectivity index (χ3n) is 2.94. The van der Waals surface area contributed by atoms with Gasteiger partial charge in [0, 0.05) is 12.4 Å². The van der Waals surface area contributed by atoms with Gasteiger partial charge in [-0.25, -0.2) is 14.9 Å². The van der Waals surface area contributed by atoms with E-state index in [9.17, 15) is 22.8 Å². The second-order valence-corrected chi connectivity index (χ2v) is 4.25. The highest BCUT2D eigenvalue weighted by Crippen LogP contribution is 2.33. The molecular formula is C13H6F3N3O2. The second kappa shape index (κ2) is 4.37. The van der Waals surface area contributed by atoms with E-state index in [1.54, 1.807) is 0 Å². The van der Waals surface area contributed by atoms with Gasteiger partial charge in [-0.1, -0.05) is 6.07 Å². The van der Waals surface area contributed by atoms with Gasteiger partial charge in [-0.05, 0) is 18.2 Å². The van der Waals surface area contributed by atoms with Crippen LogP contribution in [0.5, 0.6) is 0 Å². The van der Waals surface area contributed by atoms with E-state index in [1.165, 1.54) is 18.5 Å². The van der Waals surface area contributed by atoms with Crippen LogP contribution in [0.4, 0.5) is 18.9 Å². The zero-order valence-corrected chi connectivity index (χ0v) is 10.3. The highest BCUT2D eigenvalue weighted by atomic mass is 19.4. The van der Waals surface area contributed by atoms with E-state index >= 15 is 0 Å². The molecule has 106 valence electrons. The maximum Gasteiger partial charge on any atom is 0.416 e. The van der Waals surface area contributed by atoms with Gasteiger partial charge in [-0.15, -0.1) is 0 Å². The van der Waals surface area contributed by atoms with Crippen molar-refractivity contribution in [1.82, 2.24) is 9.97 Å². The van der Waals surface area contributed by atoms with Crippen LogP contribution in [0.3, 0.4) is 0 Å². The first-order valence-electron chi connectivity index (χ1n) is 5.76. The molecule has 0 saturated carbocycles. The minimum Gasteiger partial charge on any atom is -0.266 e. The van der Waals surface area contributed by atoms with Gasteiger partial charge in [0.1, 0.15) is 0 Å². The lowest BCUT2D eigenvalue weighted by molar-refractivity contribution is -0.137. The minimum atomic E-state index is -4.56. The lowest BCUT2D eigenvalue weighted by Crippen LogP contribution is -2.29. The van der Waals surface area contributed by atoms with E-state index in [-0.39, 0.29) is 17.1 Å². The minimum absolute atomic E-state index is 0.167. The molecule has 2 heterocycles. The van der Waals surface area contributed by atoms with E-state index < -0.39 is 23.6 Å². The summed E-state index contributed by atoms with van der Waals surface area (Å²) in [5, 5.41) is 0. The largest absolute Gasteiger partial charge is 0.416 e. The van der Waals surface area contributed by atoms with Crippen LogP contribution in [-0.2, 0) is 6.18 Å². The van der Waals surface area contributed by atoms with Crippen LogP contribution in [0.1, 0.15) is 26.5 Å². The quantitative estimate of drug-likeness (QED) is 0.757. The second-order valence-electron chi connectivity index (χ2n) is 4.25. The summed E-state index contributed by atoms with van der Waals surface area (Å²) in [6, 6.07) is 3.97. The molecule has 0 unspecified atom stereocenters. The van der Waals surface area contributed by atoms with Gasteiger partial charge < -0.3 is 0 Å². The van der Waals surface area contributed by atoms with Crippen molar-refractivity contribution in [3.8, 4) is 0 Å². The van der Waals surface area contributed by atoms with Crippen LogP contribution in [-0.4, -0.2) is 21.8 Å². The number of fused-ring (bicyclic) bond motifs is 1. The zero-order chi connectivity index (χ0) is 15.2. The predicted octanol–water partition coefficient (Wildman–Crippen LogP) is 2.30. The van der Waals surface area contributed by atoms with E-state index in [1.807, 2.05) is 0 Å². The van der Waals surface area contributed by atoms with Crippen LogP contribution >= 0.6 is 0 Å². The maximum absolute atomic E-state index is 12.7. The molecule has 1 aromatic carbocycles. The fourth-order valence-electron chi connectivity index (χ4n) is 2.01. The van der Waals surface area contributed by atoms with Crippen molar-refractivity contribution in [2.24, 2.45) is 0 Å². The lowest BCUT2D eigenvalue weighted by atomic mass is 10.2. The average Bonchev–Trinajstić information content (AvgIpc) is 2.71. The van der Waals surface area contributed by atoms with E-state index in [0.717, 1.165) is 18.2 Å². The van der Waals surface area contributed by atoms with Gasteiger partial charge in [-0.3, -0.25) is 9.59 Å². The Labute approximate surface area is 116 Å².